The third-order valence-corrected chi connectivity index (χ3v) is 4.96. The molecule has 168 valence electrons. The number of hydrogen-bond acceptors (Lipinski definition) is 4. The van der Waals surface area contributed by atoms with Gasteiger partial charge in [-0.05, 0) is 60.5 Å². The number of unbranched alkanes of at least 4 members (excludes halogenated alkanes) is 3. The quantitative estimate of drug-likeness (QED) is 0.312. The zero-order chi connectivity index (χ0) is 22.4. The molecule has 0 spiro atoms. The van der Waals surface area contributed by atoms with Crippen LogP contribution in [0.1, 0.15) is 38.2 Å². The van der Waals surface area contributed by atoms with Crippen LogP contribution in [-0.4, -0.2) is 19.1 Å². The Morgan fingerprint density at radius 1 is 0.750 bits per heavy atom. The SMILES string of the molecule is CCCCCCOc1ccc(NCC(=O)Nc2ccc(OCc3ccccc3)cc2)cc1. The first-order valence-electron chi connectivity index (χ1n) is 11.3. The topological polar surface area (TPSA) is 59.6 Å². The number of ether oxygens (including phenoxy) is 2. The molecule has 5 nitrogen and oxygen atoms in total. The summed E-state index contributed by atoms with van der Waals surface area (Å²) in [6, 6.07) is 25.1. The van der Waals surface area contributed by atoms with Gasteiger partial charge in [-0.25, -0.2) is 0 Å². The highest BCUT2D eigenvalue weighted by molar-refractivity contribution is 5.93. The maximum atomic E-state index is 12.2. The second-order valence-electron chi connectivity index (χ2n) is 7.63. The minimum absolute atomic E-state index is 0.112. The van der Waals surface area contributed by atoms with Crippen molar-refractivity contribution in [2.75, 3.05) is 23.8 Å². The van der Waals surface area contributed by atoms with E-state index in [0.29, 0.717) is 6.61 Å². The maximum Gasteiger partial charge on any atom is 0.243 e. The highest BCUT2D eigenvalue weighted by Gasteiger charge is 2.04. The molecule has 2 N–H and O–H groups in total. The first kappa shape index (κ1) is 23.2. The van der Waals surface area contributed by atoms with Crippen LogP contribution < -0.4 is 20.1 Å². The van der Waals surface area contributed by atoms with Crippen molar-refractivity contribution in [1.29, 1.82) is 0 Å². The third kappa shape index (κ3) is 8.34. The fourth-order valence-electron chi connectivity index (χ4n) is 3.15. The second-order valence-corrected chi connectivity index (χ2v) is 7.63. The zero-order valence-electron chi connectivity index (χ0n) is 18.7. The van der Waals surface area contributed by atoms with Gasteiger partial charge in [0.05, 0.1) is 13.2 Å². The summed E-state index contributed by atoms with van der Waals surface area (Å²) < 4.78 is 11.5. The molecule has 0 aliphatic carbocycles. The van der Waals surface area contributed by atoms with Gasteiger partial charge < -0.3 is 20.1 Å². The van der Waals surface area contributed by atoms with E-state index < -0.39 is 0 Å². The van der Waals surface area contributed by atoms with Crippen LogP contribution in [0.2, 0.25) is 0 Å². The molecule has 3 aromatic rings. The van der Waals surface area contributed by atoms with Gasteiger partial charge in [0.25, 0.3) is 0 Å². The fraction of sp³-hybridized carbons (Fsp3) is 0.296. The molecule has 0 radical (unpaired) electrons. The smallest absolute Gasteiger partial charge is 0.243 e. The van der Waals surface area contributed by atoms with Crippen molar-refractivity contribution in [3.8, 4) is 11.5 Å². The number of carbonyl (C=O) groups is 1. The van der Waals surface area contributed by atoms with E-state index in [1.54, 1.807) is 0 Å². The largest absolute Gasteiger partial charge is 0.494 e. The van der Waals surface area contributed by atoms with Gasteiger partial charge in [0.2, 0.25) is 5.91 Å². The number of rotatable bonds is 13. The predicted molar refractivity (Wildman–Crippen MR) is 130 cm³/mol. The van der Waals surface area contributed by atoms with Crippen LogP contribution >= 0.6 is 0 Å². The van der Waals surface area contributed by atoms with Crippen molar-refractivity contribution in [2.24, 2.45) is 0 Å². The summed E-state index contributed by atoms with van der Waals surface area (Å²) in [5, 5.41) is 6.02. The van der Waals surface area contributed by atoms with E-state index >= 15 is 0 Å². The summed E-state index contributed by atoms with van der Waals surface area (Å²) in [5.41, 5.74) is 2.72. The van der Waals surface area contributed by atoms with Crippen molar-refractivity contribution in [1.82, 2.24) is 0 Å². The minimum atomic E-state index is -0.112. The lowest BCUT2D eigenvalue weighted by Gasteiger charge is -2.10. The lowest BCUT2D eigenvalue weighted by Crippen LogP contribution is -2.21. The number of carbonyl (C=O) groups excluding carboxylic acids is 1. The van der Waals surface area contributed by atoms with Gasteiger partial charge in [0, 0.05) is 11.4 Å². The standard InChI is InChI=1S/C27H32N2O3/c1-2-3-4-8-19-31-25-15-11-23(12-16-25)28-20-27(30)29-24-13-17-26(18-14-24)32-21-22-9-6-5-7-10-22/h5-7,9-18,28H,2-4,8,19-21H2,1H3,(H,29,30). The van der Waals surface area contributed by atoms with Gasteiger partial charge in [-0.15, -0.1) is 0 Å². The Kier molecular flexibility index (Phi) is 9.46. The average molecular weight is 433 g/mol. The van der Waals surface area contributed by atoms with Crippen molar-refractivity contribution in [2.45, 2.75) is 39.2 Å². The Morgan fingerprint density at radius 3 is 2.09 bits per heavy atom. The van der Waals surface area contributed by atoms with Crippen molar-refractivity contribution < 1.29 is 14.3 Å². The summed E-state index contributed by atoms with van der Waals surface area (Å²) in [5.74, 6) is 1.50. The molecule has 3 rings (SSSR count). The van der Waals surface area contributed by atoms with E-state index in [0.717, 1.165) is 41.5 Å². The molecule has 0 atom stereocenters. The predicted octanol–water partition coefficient (Wildman–Crippen LogP) is 6.28. The molecule has 32 heavy (non-hydrogen) atoms. The van der Waals surface area contributed by atoms with Gasteiger partial charge in [-0.3, -0.25) is 4.79 Å². The Labute approximate surface area is 190 Å². The van der Waals surface area contributed by atoms with Gasteiger partial charge in [-0.2, -0.15) is 0 Å². The van der Waals surface area contributed by atoms with Crippen LogP contribution in [0.5, 0.6) is 11.5 Å². The summed E-state index contributed by atoms with van der Waals surface area (Å²) in [6.07, 6.45) is 4.76. The number of nitrogens with one attached hydrogen (secondary N) is 2. The second kappa shape index (κ2) is 13.1. The molecule has 0 heterocycles. The fourth-order valence-corrected chi connectivity index (χ4v) is 3.15. The summed E-state index contributed by atoms with van der Waals surface area (Å²) in [4.78, 5) is 12.2. The Morgan fingerprint density at radius 2 is 1.41 bits per heavy atom. The monoisotopic (exact) mass is 432 g/mol. The Balaban J connectivity index is 1.36. The first-order chi connectivity index (χ1) is 15.7. The molecule has 0 unspecified atom stereocenters. The molecule has 0 saturated heterocycles. The maximum absolute atomic E-state index is 12.2. The lowest BCUT2D eigenvalue weighted by molar-refractivity contribution is -0.114. The average Bonchev–Trinajstić information content (AvgIpc) is 2.83. The van der Waals surface area contributed by atoms with Gasteiger partial charge in [-0.1, -0.05) is 56.5 Å². The van der Waals surface area contributed by atoms with Crippen molar-refractivity contribution in [3.63, 3.8) is 0 Å². The lowest BCUT2D eigenvalue weighted by atomic mass is 10.2. The molecule has 0 fully saturated rings. The van der Waals surface area contributed by atoms with E-state index in [2.05, 4.69) is 17.6 Å². The third-order valence-electron chi connectivity index (χ3n) is 4.96. The summed E-state index contributed by atoms with van der Waals surface area (Å²) in [6.45, 7) is 3.64. The van der Waals surface area contributed by atoms with E-state index in [-0.39, 0.29) is 12.5 Å². The van der Waals surface area contributed by atoms with Gasteiger partial charge >= 0.3 is 0 Å². The zero-order valence-corrected chi connectivity index (χ0v) is 18.7. The van der Waals surface area contributed by atoms with Crippen molar-refractivity contribution in [3.05, 3.63) is 84.4 Å². The highest BCUT2D eigenvalue weighted by atomic mass is 16.5. The number of benzene rings is 3. The van der Waals surface area contributed by atoms with Crippen molar-refractivity contribution >= 4 is 17.3 Å². The summed E-state index contributed by atoms with van der Waals surface area (Å²) >= 11 is 0. The van der Waals surface area contributed by atoms with E-state index in [4.69, 9.17) is 9.47 Å². The highest BCUT2D eigenvalue weighted by Crippen LogP contribution is 2.18. The van der Waals surface area contributed by atoms with E-state index in [9.17, 15) is 4.79 Å². The molecule has 5 heteroatoms. The van der Waals surface area contributed by atoms with Crippen LogP contribution in [0.3, 0.4) is 0 Å². The molecule has 0 bridgehead atoms. The molecule has 3 aromatic carbocycles. The van der Waals surface area contributed by atoms with Crippen LogP contribution in [-0.2, 0) is 11.4 Å². The molecule has 1 amide bonds. The Bertz CT molecular complexity index is 925. The van der Waals surface area contributed by atoms with E-state index in [1.807, 2.05) is 78.9 Å². The molecule has 0 aliphatic heterocycles. The molecular formula is C27H32N2O3. The normalized spacial score (nSPS) is 10.4. The number of anilines is 2. The first-order valence-corrected chi connectivity index (χ1v) is 11.3. The molecule has 0 aromatic heterocycles. The summed E-state index contributed by atoms with van der Waals surface area (Å²) in [7, 11) is 0. The van der Waals surface area contributed by atoms with E-state index in [1.165, 1.54) is 19.3 Å². The minimum Gasteiger partial charge on any atom is -0.494 e. The van der Waals surface area contributed by atoms with Crippen LogP contribution in [0.15, 0.2) is 78.9 Å². The van der Waals surface area contributed by atoms with Gasteiger partial charge in [0.15, 0.2) is 0 Å². The van der Waals surface area contributed by atoms with Crippen LogP contribution in [0.4, 0.5) is 11.4 Å². The van der Waals surface area contributed by atoms with Crippen LogP contribution in [0.25, 0.3) is 0 Å². The van der Waals surface area contributed by atoms with Gasteiger partial charge in [0.1, 0.15) is 18.1 Å². The Hall–Kier alpha value is -3.47. The molecule has 0 saturated carbocycles. The van der Waals surface area contributed by atoms with Crippen LogP contribution in [0, 0.1) is 0 Å². The number of hydrogen-bond donors (Lipinski definition) is 2. The number of amides is 1. The molecular weight excluding hydrogens is 400 g/mol. The molecule has 0 aliphatic rings.